The van der Waals surface area contributed by atoms with Gasteiger partial charge in [0.2, 0.25) is 5.89 Å². The number of carbonyl (C=O) groups is 1. The number of hydrogen-bond donors (Lipinski definition) is 0. The lowest BCUT2D eigenvalue weighted by Gasteiger charge is -2.34. The molecule has 0 spiro atoms. The van der Waals surface area contributed by atoms with Crippen molar-refractivity contribution in [1.29, 1.82) is 0 Å². The summed E-state index contributed by atoms with van der Waals surface area (Å²) in [6.07, 6.45) is 5.94. The zero-order chi connectivity index (χ0) is 27.9. The van der Waals surface area contributed by atoms with E-state index in [0.29, 0.717) is 36.8 Å². The van der Waals surface area contributed by atoms with Crippen molar-refractivity contribution in [3.05, 3.63) is 108 Å². The lowest BCUT2D eigenvalue weighted by molar-refractivity contribution is 0.111. The van der Waals surface area contributed by atoms with Crippen LogP contribution >= 0.6 is 0 Å². The molecule has 0 aliphatic carbocycles. The molecule has 2 atom stereocenters. The summed E-state index contributed by atoms with van der Waals surface area (Å²) in [4.78, 5) is 19.9. The molecular weight excluding hydrogens is 504 g/mol. The van der Waals surface area contributed by atoms with E-state index in [1.807, 2.05) is 73.3 Å². The Labute approximate surface area is 235 Å². The molecule has 0 saturated carbocycles. The highest BCUT2D eigenvalue weighted by atomic mass is 16.6. The number of rotatable bonds is 8. The Morgan fingerprint density at radius 1 is 0.950 bits per heavy atom. The fourth-order valence-corrected chi connectivity index (χ4v) is 4.90. The first-order valence-electron chi connectivity index (χ1n) is 13.6. The second kappa shape index (κ2) is 12.6. The molecule has 1 amide bonds. The van der Waals surface area contributed by atoms with E-state index in [-0.39, 0.29) is 18.2 Å². The van der Waals surface area contributed by atoms with E-state index in [4.69, 9.17) is 18.6 Å². The summed E-state index contributed by atoms with van der Waals surface area (Å²) in [5, 5.41) is 0. The van der Waals surface area contributed by atoms with Crippen molar-refractivity contribution in [1.82, 2.24) is 9.88 Å². The number of aromatic nitrogens is 1. The lowest BCUT2D eigenvalue weighted by Crippen LogP contribution is -2.42. The van der Waals surface area contributed by atoms with Crippen LogP contribution in [0.2, 0.25) is 0 Å². The molecule has 7 heteroatoms. The molecule has 3 aromatic carbocycles. The van der Waals surface area contributed by atoms with E-state index < -0.39 is 0 Å². The van der Waals surface area contributed by atoms with Crippen LogP contribution in [0.15, 0.2) is 95.4 Å². The third kappa shape index (κ3) is 6.37. The molecule has 7 nitrogen and oxygen atoms in total. The van der Waals surface area contributed by atoms with Gasteiger partial charge >= 0.3 is 6.09 Å². The topological polar surface area (TPSA) is 74.0 Å². The van der Waals surface area contributed by atoms with Crippen molar-refractivity contribution in [2.75, 3.05) is 13.7 Å². The maximum atomic E-state index is 13.4. The van der Waals surface area contributed by atoms with Gasteiger partial charge in [-0.3, -0.25) is 4.90 Å². The summed E-state index contributed by atoms with van der Waals surface area (Å²) in [5.41, 5.74) is 2.82. The first-order valence-corrected chi connectivity index (χ1v) is 13.6. The van der Waals surface area contributed by atoms with Crippen LogP contribution in [0.5, 0.6) is 17.2 Å². The van der Waals surface area contributed by atoms with Gasteiger partial charge in [-0.05, 0) is 80.8 Å². The van der Waals surface area contributed by atoms with E-state index >= 15 is 0 Å². The smallest absolute Gasteiger partial charge is 0.416 e. The highest BCUT2D eigenvalue weighted by Crippen LogP contribution is 2.33. The normalized spacial score (nSPS) is 16.8. The second-order valence-corrected chi connectivity index (χ2v) is 9.82. The predicted octanol–water partition coefficient (Wildman–Crippen LogP) is 7.56. The van der Waals surface area contributed by atoms with Crippen molar-refractivity contribution < 1.29 is 23.4 Å². The minimum Gasteiger partial charge on any atom is -0.497 e. The minimum absolute atomic E-state index is 0.0342. The summed E-state index contributed by atoms with van der Waals surface area (Å²) in [7, 11) is 1.60. The maximum absolute atomic E-state index is 13.4. The SMILES string of the molecule is COc1ccc(OC(=O)N2[C@H](C)CC=CC[C@H]2c2cccc(OCCc3nc(-c4ccccc4)oc3C)c2)cc1. The van der Waals surface area contributed by atoms with E-state index in [1.165, 1.54) is 0 Å². The molecule has 40 heavy (non-hydrogen) atoms. The van der Waals surface area contributed by atoms with Crippen molar-refractivity contribution in [3.8, 4) is 28.7 Å². The Morgan fingerprint density at radius 3 is 2.48 bits per heavy atom. The van der Waals surface area contributed by atoms with Crippen LogP contribution < -0.4 is 14.2 Å². The molecule has 5 rings (SSSR count). The predicted molar refractivity (Wildman–Crippen MR) is 154 cm³/mol. The molecule has 0 saturated heterocycles. The first kappa shape index (κ1) is 27.1. The van der Waals surface area contributed by atoms with Crippen molar-refractivity contribution in [2.45, 2.75) is 45.2 Å². The van der Waals surface area contributed by atoms with Crippen LogP contribution in [0, 0.1) is 6.92 Å². The zero-order valence-electron chi connectivity index (χ0n) is 23.1. The Kier molecular flexibility index (Phi) is 8.50. The minimum atomic E-state index is -0.381. The zero-order valence-corrected chi connectivity index (χ0v) is 23.1. The number of nitrogens with zero attached hydrogens (tertiary/aromatic N) is 2. The standard InChI is InChI=1S/C33H34N2O5/c1-23-10-7-8-15-31(35(23)33(36)40-28-18-16-27(37-3)17-19-28)26-13-9-14-29(22-26)38-21-20-30-24(2)39-32(34-30)25-11-5-4-6-12-25/h4-9,11-14,16-19,22-23,31H,10,15,20-21H2,1-3H3/t23-,31+/m1/s1. The Morgan fingerprint density at radius 2 is 1.70 bits per heavy atom. The van der Waals surface area contributed by atoms with Gasteiger partial charge in [-0.25, -0.2) is 9.78 Å². The van der Waals surface area contributed by atoms with Crippen molar-refractivity contribution in [2.24, 2.45) is 0 Å². The molecule has 1 aromatic heterocycles. The fraction of sp³-hybridized carbons (Fsp3) is 0.273. The van der Waals surface area contributed by atoms with Crippen LogP contribution in [0.3, 0.4) is 0 Å². The molecule has 0 bridgehead atoms. The average molecular weight is 539 g/mol. The number of aryl methyl sites for hydroxylation is 1. The second-order valence-electron chi connectivity index (χ2n) is 9.82. The molecule has 4 aromatic rings. The van der Waals surface area contributed by atoms with E-state index in [9.17, 15) is 4.79 Å². The van der Waals surface area contributed by atoms with Gasteiger partial charge in [0.15, 0.2) is 0 Å². The third-order valence-electron chi connectivity index (χ3n) is 7.05. The Hall–Kier alpha value is -4.52. The number of hydrogen-bond acceptors (Lipinski definition) is 6. The molecule has 1 aliphatic heterocycles. The van der Waals surface area contributed by atoms with E-state index in [2.05, 4.69) is 17.1 Å². The summed E-state index contributed by atoms with van der Waals surface area (Å²) >= 11 is 0. The average Bonchev–Trinajstić information content (AvgIpc) is 3.23. The van der Waals surface area contributed by atoms with Crippen LogP contribution in [-0.4, -0.2) is 35.7 Å². The van der Waals surface area contributed by atoms with Gasteiger partial charge in [-0.1, -0.05) is 42.5 Å². The highest BCUT2D eigenvalue weighted by molar-refractivity contribution is 5.72. The summed E-state index contributed by atoms with van der Waals surface area (Å²) in [5.74, 6) is 3.33. The number of benzene rings is 3. The molecule has 1 aliphatic rings. The van der Waals surface area contributed by atoms with Gasteiger partial charge in [0.05, 0.1) is 25.5 Å². The number of amides is 1. The molecule has 0 unspecified atom stereocenters. The first-order chi connectivity index (χ1) is 19.5. The number of methoxy groups -OCH3 is 1. The van der Waals surface area contributed by atoms with Gasteiger partial charge in [-0.15, -0.1) is 0 Å². The van der Waals surface area contributed by atoms with Gasteiger partial charge in [-0.2, -0.15) is 0 Å². The number of ether oxygens (including phenoxy) is 3. The lowest BCUT2D eigenvalue weighted by atomic mass is 10.0. The number of oxazole rings is 1. The van der Waals surface area contributed by atoms with Crippen LogP contribution in [-0.2, 0) is 6.42 Å². The molecule has 0 radical (unpaired) electrons. The van der Waals surface area contributed by atoms with Gasteiger partial charge in [0.25, 0.3) is 0 Å². The Balaban J connectivity index is 1.27. The molecule has 0 fully saturated rings. The molecule has 206 valence electrons. The summed E-state index contributed by atoms with van der Waals surface area (Å²) in [6, 6.07) is 24.6. The third-order valence-corrected chi connectivity index (χ3v) is 7.05. The fourth-order valence-electron chi connectivity index (χ4n) is 4.90. The van der Waals surface area contributed by atoms with Crippen LogP contribution in [0.1, 0.15) is 42.8 Å². The van der Waals surface area contributed by atoms with Gasteiger partial charge in [0, 0.05) is 18.0 Å². The van der Waals surface area contributed by atoms with Gasteiger partial charge in [0.1, 0.15) is 23.0 Å². The Bertz CT molecular complexity index is 1450. The van der Waals surface area contributed by atoms with Crippen molar-refractivity contribution >= 4 is 6.09 Å². The monoisotopic (exact) mass is 538 g/mol. The largest absolute Gasteiger partial charge is 0.497 e. The van der Waals surface area contributed by atoms with E-state index in [1.54, 1.807) is 31.4 Å². The quantitative estimate of drug-likeness (QED) is 0.216. The maximum Gasteiger partial charge on any atom is 0.416 e. The molecular formula is C33H34N2O5. The summed E-state index contributed by atoms with van der Waals surface area (Å²) in [6.45, 7) is 4.42. The van der Waals surface area contributed by atoms with E-state index in [0.717, 1.165) is 34.8 Å². The molecule has 2 heterocycles. The van der Waals surface area contributed by atoms with Crippen LogP contribution in [0.25, 0.3) is 11.5 Å². The highest BCUT2D eigenvalue weighted by Gasteiger charge is 2.31. The van der Waals surface area contributed by atoms with Crippen LogP contribution in [0.4, 0.5) is 4.79 Å². The molecule has 0 N–H and O–H groups in total. The number of carbonyl (C=O) groups excluding carboxylic acids is 1. The summed E-state index contributed by atoms with van der Waals surface area (Å²) < 4.78 is 23.0. The van der Waals surface area contributed by atoms with Crippen molar-refractivity contribution in [3.63, 3.8) is 0 Å². The van der Waals surface area contributed by atoms with Gasteiger partial charge < -0.3 is 18.6 Å².